The van der Waals surface area contributed by atoms with Crippen LogP contribution in [0.4, 0.5) is 0 Å². The number of hydrogen-bond donors (Lipinski definition) is 1. The summed E-state index contributed by atoms with van der Waals surface area (Å²) >= 11 is 0. The molecule has 1 aliphatic carbocycles. The predicted molar refractivity (Wildman–Crippen MR) is 67.7 cm³/mol. The Labute approximate surface area is 98.5 Å². The van der Waals surface area contributed by atoms with Crippen LogP contribution in [-0.4, -0.2) is 10.7 Å². The van der Waals surface area contributed by atoms with Crippen molar-refractivity contribution in [1.82, 2.24) is 0 Å². The van der Waals surface area contributed by atoms with Crippen molar-refractivity contribution in [3.8, 4) is 0 Å². The zero-order valence-corrected chi connectivity index (χ0v) is 10.4. The fourth-order valence-electron chi connectivity index (χ4n) is 2.50. The van der Waals surface area contributed by atoms with Crippen molar-refractivity contribution >= 4 is 0 Å². The van der Waals surface area contributed by atoms with E-state index in [1.807, 2.05) is 0 Å². The number of aliphatic hydroxyl groups is 1. The highest BCUT2D eigenvalue weighted by atomic mass is 16.3. The minimum atomic E-state index is -0.373. The second kappa shape index (κ2) is 4.58. The van der Waals surface area contributed by atoms with E-state index in [-0.39, 0.29) is 5.60 Å². The van der Waals surface area contributed by atoms with Gasteiger partial charge in [0.1, 0.15) is 0 Å². The van der Waals surface area contributed by atoms with Crippen LogP contribution in [0.25, 0.3) is 0 Å². The maximum Gasteiger partial charge on any atom is 0.0690 e. The summed E-state index contributed by atoms with van der Waals surface area (Å²) in [6.45, 7) is 4.49. The summed E-state index contributed by atoms with van der Waals surface area (Å²) in [7, 11) is 0. The highest BCUT2D eigenvalue weighted by Gasteiger charge is 2.40. The third-order valence-electron chi connectivity index (χ3n) is 3.83. The van der Waals surface area contributed by atoms with Gasteiger partial charge in [-0.25, -0.2) is 0 Å². The SMILES string of the molecule is CCC(CC)c1ccccc1CC1(O)CC1. The lowest BCUT2D eigenvalue weighted by atomic mass is 9.88. The summed E-state index contributed by atoms with van der Waals surface area (Å²) in [6, 6.07) is 8.63. The third kappa shape index (κ3) is 2.46. The highest BCUT2D eigenvalue weighted by molar-refractivity contribution is 5.32. The van der Waals surface area contributed by atoms with Gasteiger partial charge in [0.15, 0.2) is 0 Å². The summed E-state index contributed by atoms with van der Waals surface area (Å²) in [5.74, 6) is 0.651. The van der Waals surface area contributed by atoms with Crippen molar-refractivity contribution in [2.45, 2.75) is 57.5 Å². The molecule has 1 heteroatoms. The number of rotatable bonds is 5. The van der Waals surface area contributed by atoms with E-state index >= 15 is 0 Å². The van der Waals surface area contributed by atoms with E-state index in [2.05, 4.69) is 38.1 Å². The molecule has 0 spiro atoms. The molecule has 0 bridgehead atoms. The first-order valence-corrected chi connectivity index (χ1v) is 6.48. The van der Waals surface area contributed by atoms with Crippen LogP contribution in [-0.2, 0) is 6.42 Å². The second-order valence-corrected chi connectivity index (χ2v) is 5.11. The molecule has 1 fully saturated rings. The Morgan fingerprint density at radius 2 is 1.81 bits per heavy atom. The molecule has 1 nitrogen and oxygen atoms in total. The zero-order valence-electron chi connectivity index (χ0n) is 10.4. The van der Waals surface area contributed by atoms with Gasteiger partial charge in [0.05, 0.1) is 5.60 Å². The molecule has 0 heterocycles. The van der Waals surface area contributed by atoms with E-state index in [1.165, 1.54) is 24.0 Å². The largest absolute Gasteiger partial charge is 0.390 e. The van der Waals surface area contributed by atoms with E-state index in [9.17, 15) is 5.11 Å². The lowest BCUT2D eigenvalue weighted by molar-refractivity contribution is 0.150. The monoisotopic (exact) mass is 218 g/mol. The standard InChI is InChI=1S/C15H22O/c1-3-12(4-2)14-8-6-5-7-13(14)11-15(16)9-10-15/h5-8,12,16H,3-4,9-11H2,1-2H3. The fourth-order valence-corrected chi connectivity index (χ4v) is 2.50. The molecule has 1 saturated carbocycles. The molecule has 16 heavy (non-hydrogen) atoms. The first kappa shape index (κ1) is 11.7. The van der Waals surface area contributed by atoms with E-state index in [0.29, 0.717) is 5.92 Å². The van der Waals surface area contributed by atoms with Gasteiger partial charge in [0.2, 0.25) is 0 Å². The van der Waals surface area contributed by atoms with Gasteiger partial charge < -0.3 is 5.11 Å². The van der Waals surface area contributed by atoms with Gasteiger partial charge in [-0.05, 0) is 42.7 Å². The van der Waals surface area contributed by atoms with Gasteiger partial charge in [0.25, 0.3) is 0 Å². The Bertz CT molecular complexity index is 348. The van der Waals surface area contributed by atoms with Gasteiger partial charge >= 0.3 is 0 Å². The van der Waals surface area contributed by atoms with Crippen LogP contribution < -0.4 is 0 Å². The lowest BCUT2D eigenvalue weighted by Gasteiger charge is -2.19. The van der Waals surface area contributed by atoms with Crippen LogP contribution >= 0.6 is 0 Å². The quantitative estimate of drug-likeness (QED) is 0.799. The van der Waals surface area contributed by atoms with E-state index < -0.39 is 0 Å². The van der Waals surface area contributed by atoms with E-state index in [4.69, 9.17) is 0 Å². The van der Waals surface area contributed by atoms with Crippen molar-refractivity contribution in [3.63, 3.8) is 0 Å². The van der Waals surface area contributed by atoms with Crippen LogP contribution in [0.3, 0.4) is 0 Å². The molecule has 2 rings (SSSR count). The summed E-state index contributed by atoms with van der Waals surface area (Å²) < 4.78 is 0. The minimum Gasteiger partial charge on any atom is -0.390 e. The van der Waals surface area contributed by atoms with Crippen molar-refractivity contribution in [2.75, 3.05) is 0 Å². The number of hydrogen-bond acceptors (Lipinski definition) is 1. The summed E-state index contributed by atoms with van der Waals surface area (Å²) in [6.07, 6.45) is 5.17. The Morgan fingerprint density at radius 1 is 1.19 bits per heavy atom. The molecule has 0 atom stereocenters. The van der Waals surface area contributed by atoms with Crippen molar-refractivity contribution in [3.05, 3.63) is 35.4 Å². The van der Waals surface area contributed by atoms with Crippen molar-refractivity contribution in [1.29, 1.82) is 0 Å². The lowest BCUT2D eigenvalue weighted by Crippen LogP contribution is -2.13. The molecule has 0 radical (unpaired) electrons. The van der Waals surface area contributed by atoms with Crippen molar-refractivity contribution < 1.29 is 5.11 Å². The summed E-state index contributed by atoms with van der Waals surface area (Å²) in [5.41, 5.74) is 2.44. The van der Waals surface area contributed by atoms with Crippen LogP contribution in [0.2, 0.25) is 0 Å². The maximum atomic E-state index is 10.0. The summed E-state index contributed by atoms with van der Waals surface area (Å²) in [5, 5.41) is 10.0. The first-order valence-electron chi connectivity index (χ1n) is 6.48. The molecule has 0 amide bonds. The molecule has 0 unspecified atom stereocenters. The van der Waals surface area contributed by atoms with Gasteiger partial charge in [-0.1, -0.05) is 38.1 Å². The van der Waals surface area contributed by atoms with E-state index in [0.717, 1.165) is 19.3 Å². The van der Waals surface area contributed by atoms with Crippen LogP contribution in [0, 0.1) is 0 Å². The van der Waals surface area contributed by atoms with Gasteiger partial charge in [-0.2, -0.15) is 0 Å². The van der Waals surface area contributed by atoms with Gasteiger partial charge in [-0.15, -0.1) is 0 Å². The molecular weight excluding hydrogens is 196 g/mol. The van der Waals surface area contributed by atoms with Crippen LogP contribution in [0.1, 0.15) is 56.6 Å². The third-order valence-corrected chi connectivity index (χ3v) is 3.83. The molecule has 0 saturated heterocycles. The van der Waals surface area contributed by atoms with Gasteiger partial charge in [0, 0.05) is 6.42 Å². The minimum absolute atomic E-state index is 0.373. The molecule has 0 aliphatic heterocycles. The summed E-state index contributed by atoms with van der Waals surface area (Å²) in [4.78, 5) is 0. The topological polar surface area (TPSA) is 20.2 Å². The Morgan fingerprint density at radius 3 is 2.38 bits per heavy atom. The molecule has 88 valence electrons. The average Bonchev–Trinajstić information content (AvgIpc) is 3.00. The first-order chi connectivity index (χ1) is 7.68. The maximum absolute atomic E-state index is 10.0. The second-order valence-electron chi connectivity index (χ2n) is 5.11. The van der Waals surface area contributed by atoms with Crippen LogP contribution in [0.15, 0.2) is 24.3 Å². The Hall–Kier alpha value is -0.820. The van der Waals surface area contributed by atoms with Crippen molar-refractivity contribution in [2.24, 2.45) is 0 Å². The molecule has 1 aromatic rings. The smallest absolute Gasteiger partial charge is 0.0690 e. The average molecular weight is 218 g/mol. The normalized spacial score (nSPS) is 17.8. The predicted octanol–water partition coefficient (Wildman–Crippen LogP) is 3.66. The molecule has 0 aromatic heterocycles. The molecule has 1 N–H and O–H groups in total. The Balaban J connectivity index is 2.22. The number of benzene rings is 1. The van der Waals surface area contributed by atoms with Gasteiger partial charge in [-0.3, -0.25) is 0 Å². The zero-order chi connectivity index (χ0) is 11.6. The molecule has 1 aliphatic rings. The van der Waals surface area contributed by atoms with E-state index in [1.54, 1.807) is 0 Å². The molecular formula is C15H22O. The highest BCUT2D eigenvalue weighted by Crippen LogP contribution is 2.40. The molecule has 1 aromatic carbocycles. The van der Waals surface area contributed by atoms with Crippen LogP contribution in [0.5, 0.6) is 0 Å². The fraction of sp³-hybridized carbons (Fsp3) is 0.600. The Kier molecular flexibility index (Phi) is 3.34.